The van der Waals surface area contributed by atoms with Crippen molar-refractivity contribution in [2.75, 3.05) is 12.3 Å². The van der Waals surface area contributed by atoms with Gasteiger partial charge in [-0.25, -0.2) is 8.42 Å². The molecule has 0 saturated carbocycles. The van der Waals surface area contributed by atoms with Crippen LogP contribution in [0, 0.1) is 0 Å². The quantitative estimate of drug-likeness (QED) is 0.852. The molecule has 0 unspecified atom stereocenters. The molecule has 2 aromatic rings. The minimum absolute atomic E-state index is 0.158. The summed E-state index contributed by atoms with van der Waals surface area (Å²) in [4.78, 5) is 0. The first-order chi connectivity index (χ1) is 11.4. The van der Waals surface area contributed by atoms with Crippen LogP contribution < -0.4 is 0 Å². The molecule has 1 aliphatic heterocycles. The second-order valence-electron chi connectivity index (χ2n) is 6.07. The van der Waals surface area contributed by atoms with Gasteiger partial charge in [0.2, 0.25) is 10.0 Å². The third kappa shape index (κ3) is 3.24. The van der Waals surface area contributed by atoms with Crippen LogP contribution in [0.5, 0.6) is 0 Å². The highest BCUT2D eigenvalue weighted by Gasteiger charge is 2.27. The van der Waals surface area contributed by atoms with Gasteiger partial charge >= 0.3 is 0 Å². The van der Waals surface area contributed by atoms with Crippen molar-refractivity contribution in [3.8, 4) is 0 Å². The molecule has 2 aromatic heterocycles. The molecule has 0 bridgehead atoms. The Morgan fingerprint density at radius 2 is 2.17 bits per heavy atom. The van der Waals surface area contributed by atoms with Crippen LogP contribution >= 0.6 is 0 Å². The van der Waals surface area contributed by atoms with E-state index in [-0.39, 0.29) is 5.75 Å². The van der Waals surface area contributed by atoms with Crippen LogP contribution in [0.15, 0.2) is 18.3 Å². The lowest BCUT2D eigenvalue weighted by molar-refractivity contribution is 0.203. The Balaban J connectivity index is 1.86. The molecule has 0 aliphatic carbocycles. The maximum Gasteiger partial charge on any atom is 0.214 e. The Labute approximate surface area is 141 Å². The van der Waals surface area contributed by atoms with E-state index in [1.807, 2.05) is 6.92 Å². The highest BCUT2D eigenvalue weighted by molar-refractivity contribution is 7.89. The van der Waals surface area contributed by atoms with E-state index < -0.39 is 16.1 Å². The summed E-state index contributed by atoms with van der Waals surface area (Å²) in [6.45, 7) is 3.31. The maximum absolute atomic E-state index is 12.4. The molecule has 132 valence electrons. The van der Waals surface area contributed by atoms with E-state index in [0.717, 1.165) is 5.69 Å². The first-order valence-corrected chi connectivity index (χ1v) is 9.73. The van der Waals surface area contributed by atoms with Gasteiger partial charge in [0.05, 0.1) is 29.4 Å². The van der Waals surface area contributed by atoms with Gasteiger partial charge in [0.25, 0.3) is 0 Å². The number of rotatable bonds is 5. The summed E-state index contributed by atoms with van der Waals surface area (Å²) in [7, 11) is -1.48. The van der Waals surface area contributed by atoms with E-state index >= 15 is 0 Å². The summed E-state index contributed by atoms with van der Waals surface area (Å²) in [5.41, 5.74) is 1.98. The van der Waals surface area contributed by atoms with E-state index in [1.54, 1.807) is 34.7 Å². The van der Waals surface area contributed by atoms with Gasteiger partial charge in [0, 0.05) is 26.3 Å². The number of aliphatic hydroxyl groups excluding tert-OH is 1. The molecule has 1 aliphatic rings. The zero-order valence-corrected chi connectivity index (χ0v) is 14.8. The Morgan fingerprint density at radius 1 is 1.38 bits per heavy atom. The monoisotopic (exact) mass is 353 g/mol. The molecule has 8 nitrogen and oxygen atoms in total. The topological polar surface area (TPSA) is 93.2 Å². The lowest BCUT2D eigenvalue weighted by Crippen LogP contribution is -2.32. The van der Waals surface area contributed by atoms with Gasteiger partial charge in [0.15, 0.2) is 0 Å². The Hall–Kier alpha value is -1.71. The number of hydrogen-bond acceptors (Lipinski definition) is 5. The van der Waals surface area contributed by atoms with Crippen molar-refractivity contribution in [2.24, 2.45) is 7.05 Å². The minimum Gasteiger partial charge on any atom is -0.380 e. The zero-order valence-electron chi connectivity index (χ0n) is 14.0. The zero-order chi connectivity index (χ0) is 17.3. The molecule has 0 aromatic carbocycles. The summed E-state index contributed by atoms with van der Waals surface area (Å²) in [6, 6.07) is 3.53. The molecular formula is C15H23N5O3S. The van der Waals surface area contributed by atoms with Gasteiger partial charge in [-0.15, -0.1) is 0 Å². The molecule has 9 heteroatoms. The molecule has 24 heavy (non-hydrogen) atoms. The van der Waals surface area contributed by atoms with Crippen molar-refractivity contribution >= 4 is 10.0 Å². The number of aryl methyl sites for hydroxylation is 2. The average Bonchev–Trinajstić information content (AvgIpc) is 3.07. The molecule has 0 amide bonds. The molecule has 0 fully saturated rings. The standard InChI is InChI=1S/C15H23N5O3S/c1-3-9-24(22,23)19-7-4-8-20-12(11-19)10-13(17-20)15(21)14-5-6-16-18(14)2/h5-6,10,15,21H,3-4,7-9,11H2,1-2H3/t15-/m1/s1. The summed E-state index contributed by atoms with van der Waals surface area (Å²) in [6.07, 6.45) is 2.05. The van der Waals surface area contributed by atoms with Gasteiger partial charge in [0.1, 0.15) is 6.10 Å². The summed E-state index contributed by atoms with van der Waals surface area (Å²) in [5, 5.41) is 19.1. The fourth-order valence-corrected chi connectivity index (χ4v) is 4.53. The third-order valence-electron chi connectivity index (χ3n) is 4.27. The normalized spacial score (nSPS) is 17.5. The van der Waals surface area contributed by atoms with Crippen molar-refractivity contribution in [1.29, 1.82) is 0 Å². The van der Waals surface area contributed by atoms with Crippen LogP contribution in [-0.2, 0) is 30.2 Å². The molecule has 3 heterocycles. The van der Waals surface area contributed by atoms with Gasteiger partial charge in [-0.3, -0.25) is 9.36 Å². The van der Waals surface area contributed by atoms with Crippen LogP contribution in [0.3, 0.4) is 0 Å². The van der Waals surface area contributed by atoms with Crippen molar-refractivity contribution in [3.05, 3.63) is 35.4 Å². The number of sulfonamides is 1. The Bertz CT molecular complexity index is 811. The smallest absolute Gasteiger partial charge is 0.214 e. The van der Waals surface area contributed by atoms with E-state index in [2.05, 4.69) is 10.2 Å². The van der Waals surface area contributed by atoms with Crippen LogP contribution in [-0.4, -0.2) is 49.7 Å². The minimum atomic E-state index is -3.24. The predicted molar refractivity (Wildman–Crippen MR) is 88.6 cm³/mol. The van der Waals surface area contributed by atoms with E-state index in [1.165, 1.54) is 4.31 Å². The molecule has 0 saturated heterocycles. The fourth-order valence-electron chi connectivity index (χ4n) is 3.02. The second kappa shape index (κ2) is 6.66. The lowest BCUT2D eigenvalue weighted by Gasteiger charge is -2.19. The van der Waals surface area contributed by atoms with Crippen LogP contribution in [0.4, 0.5) is 0 Å². The number of hydrogen-bond donors (Lipinski definition) is 1. The lowest BCUT2D eigenvalue weighted by atomic mass is 10.2. The molecular weight excluding hydrogens is 330 g/mol. The van der Waals surface area contributed by atoms with Gasteiger partial charge in [-0.2, -0.15) is 14.5 Å². The predicted octanol–water partition coefficient (Wildman–Crippen LogP) is 0.644. The van der Waals surface area contributed by atoms with Crippen LogP contribution in [0.25, 0.3) is 0 Å². The number of aromatic nitrogens is 4. The highest BCUT2D eigenvalue weighted by atomic mass is 32.2. The van der Waals surface area contributed by atoms with Gasteiger partial charge in [-0.05, 0) is 25.0 Å². The van der Waals surface area contributed by atoms with Crippen molar-refractivity contribution in [2.45, 2.75) is 39.0 Å². The average molecular weight is 353 g/mol. The van der Waals surface area contributed by atoms with Gasteiger partial charge in [-0.1, -0.05) is 6.92 Å². The maximum atomic E-state index is 12.4. The second-order valence-corrected chi connectivity index (χ2v) is 8.16. The SMILES string of the molecule is CCCS(=O)(=O)N1CCCn2nc([C@@H](O)c3ccnn3C)cc2C1. The Kier molecular flexibility index (Phi) is 4.75. The largest absolute Gasteiger partial charge is 0.380 e. The first kappa shape index (κ1) is 17.1. The van der Waals surface area contributed by atoms with Crippen molar-refractivity contribution in [1.82, 2.24) is 23.9 Å². The molecule has 1 N–H and O–H groups in total. The fraction of sp³-hybridized carbons (Fsp3) is 0.600. The van der Waals surface area contributed by atoms with Crippen LogP contribution in [0.1, 0.15) is 43.0 Å². The molecule has 1 atom stereocenters. The molecule has 0 spiro atoms. The first-order valence-electron chi connectivity index (χ1n) is 8.13. The molecule has 3 rings (SSSR count). The van der Waals surface area contributed by atoms with Gasteiger partial charge < -0.3 is 5.11 Å². The molecule has 0 radical (unpaired) electrons. The highest BCUT2D eigenvalue weighted by Crippen LogP contribution is 2.24. The number of fused-ring (bicyclic) bond motifs is 1. The summed E-state index contributed by atoms with van der Waals surface area (Å²) >= 11 is 0. The van der Waals surface area contributed by atoms with E-state index in [4.69, 9.17) is 0 Å². The van der Waals surface area contributed by atoms with E-state index in [9.17, 15) is 13.5 Å². The van der Waals surface area contributed by atoms with Crippen LogP contribution in [0.2, 0.25) is 0 Å². The number of aliphatic hydroxyl groups is 1. The Morgan fingerprint density at radius 3 is 2.83 bits per heavy atom. The number of nitrogens with zero attached hydrogens (tertiary/aromatic N) is 5. The van der Waals surface area contributed by atoms with Crippen molar-refractivity contribution in [3.63, 3.8) is 0 Å². The third-order valence-corrected chi connectivity index (χ3v) is 6.30. The van der Waals surface area contributed by atoms with Crippen molar-refractivity contribution < 1.29 is 13.5 Å². The van der Waals surface area contributed by atoms with E-state index in [0.29, 0.717) is 43.9 Å². The summed E-state index contributed by atoms with van der Waals surface area (Å²) in [5.74, 6) is 0.158. The summed E-state index contributed by atoms with van der Waals surface area (Å²) < 4.78 is 29.6.